The fourth-order valence-corrected chi connectivity index (χ4v) is 2.84. The summed E-state index contributed by atoms with van der Waals surface area (Å²) in [5, 5.41) is 9.77. The Morgan fingerprint density at radius 2 is 2.17 bits per heavy atom. The van der Waals surface area contributed by atoms with Crippen LogP contribution in [0.15, 0.2) is 42.7 Å². The highest BCUT2D eigenvalue weighted by Crippen LogP contribution is 2.24. The number of nitrogens with zero attached hydrogens (tertiary/aromatic N) is 3. The highest BCUT2D eigenvalue weighted by molar-refractivity contribution is 6.30. The first-order chi connectivity index (χ1) is 11.5. The third kappa shape index (κ3) is 3.14. The van der Waals surface area contributed by atoms with E-state index >= 15 is 0 Å². The van der Waals surface area contributed by atoms with E-state index in [0.717, 1.165) is 0 Å². The zero-order chi connectivity index (χ0) is 17.3. The molecule has 1 N–H and O–H groups in total. The highest BCUT2D eigenvalue weighted by atomic mass is 35.5. The summed E-state index contributed by atoms with van der Waals surface area (Å²) in [6, 6.07) is 7.64. The van der Waals surface area contributed by atoms with Gasteiger partial charge in [-0.15, -0.1) is 0 Å². The summed E-state index contributed by atoms with van der Waals surface area (Å²) in [5.41, 5.74) is 1.65. The molecule has 2 aromatic heterocycles. The Kier molecular flexibility index (Phi) is 4.31. The van der Waals surface area contributed by atoms with Crippen LogP contribution in [0.4, 0.5) is 4.39 Å². The molecule has 0 aliphatic carbocycles. The molecular formula is C17H13ClFN3O2. The summed E-state index contributed by atoms with van der Waals surface area (Å²) >= 11 is 5.89. The van der Waals surface area contributed by atoms with Crippen molar-refractivity contribution in [2.45, 2.75) is 13.5 Å². The van der Waals surface area contributed by atoms with Crippen LogP contribution in [0, 0.1) is 12.7 Å². The van der Waals surface area contributed by atoms with Crippen molar-refractivity contribution < 1.29 is 14.3 Å². The summed E-state index contributed by atoms with van der Waals surface area (Å²) in [7, 11) is 0. The molecule has 0 bridgehead atoms. The summed E-state index contributed by atoms with van der Waals surface area (Å²) < 4.78 is 15.1. The Hall–Kier alpha value is -2.73. The van der Waals surface area contributed by atoms with Gasteiger partial charge in [-0.25, -0.2) is 14.2 Å². The number of halogens is 2. The molecular weight excluding hydrogens is 333 g/mol. The van der Waals surface area contributed by atoms with Crippen LogP contribution < -0.4 is 0 Å². The van der Waals surface area contributed by atoms with E-state index in [1.165, 1.54) is 16.7 Å². The number of pyridine rings is 1. The number of hydrogen-bond donors (Lipinski definition) is 1. The molecule has 3 rings (SSSR count). The van der Waals surface area contributed by atoms with E-state index < -0.39 is 11.8 Å². The van der Waals surface area contributed by atoms with Crippen LogP contribution >= 0.6 is 11.6 Å². The zero-order valence-corrected chi connectivity index (χ0v) is 13.5. The van der Waals surface area contributed by atoms with Gasteiger partial charge in [-0.1, -0.05) is 11.6 Å². The van der Waals surface area contributed by atoms with Gasteiger partial charge in [0.15, 0.2) is 5.69 Å². The normalized spacial score (nSPS) is 10.8. The lowest BCUT2D eigenvalue weighted by Gasteiger charge is -2.11. The number of hydrogen-bond acceptors (Lipinski definition) is 3. The minimum absolute atomic E-state index is 0.0502. The number of carbonyl (C=O) groups is 1. The van der Waals surface area contributed by atoms with Gasteiger partial charge >= 0.3 is 5.97 Å². The topological polar surface area (TPSA) is 68.0 Å². The summed E-state index contributed by atoms with van der Waals surface area (Å²) in [4.78, 5) is 20.0. The molecule has 1 aromatic carbocycles. The van der Waals surface area contributed by atoms with Crippen LogP contribution in [0.1, 0.15) is 21.7 Å². The van der Waals surface area contributed by atoms with Crippen molar-refractivity contribution in [2.75, 3.05) is 0 Å². The van der Waals surface area contributed by atoms with Gasteiger partial charge in [0.1, 0.15) is 11.6 Å². The van der Waals surface area contributed by atoms with Gasteiger partial charge < -0.3 is 9.67 Å². The molecule has 24 heavy (non-hydrogen) atoms. The van der Waals surface area contributed by atoms with Gasteiger partial charge in [0.05, 0.1) is 12.2 Å². The van der Waals surface area contributed by atoms with Crippen LogP contribution in [0.25, 0.3) is 11.4 Å². The van der Waals surface area contributed by atoms with Crippen LogP contribution in [0.2, 0.25) is 5.02 Å². The number of aromatic carboxylic acids is 1. The van der Waals surface area contributed by atoms with Crippen molar-refractivity contribution >= 4 is 17.6 Å². The SMILES string of the molecule is Cc1nc(-c2cccnc2)n(Cc2cc(F)cc(Cl)c2)c1C(=O)O. The Labute approximate surface area is 142 Å². The lowest BCUT2D eigenvalue weighted by molar-refractivity contribution is 0.0685. The lowest BCUT2D eigenvalue weighted by atomic mass is 10.2. The minimum Gasteiger partial charge on any atom is -0.477 e. The van der Waals surface area contributed by atoms with E-state index in [4.69, 9.17) is 11.6 Å². The van der Waals surface area contributed by atoms with Gasteiger partial charge in [0, 0.05) is 23.0 Å². The van der Waals surface area contributed by atoms with Crippen molar-refractivity contribution in [3.63, 3.8) is 0 Å². The smallest absolute Gasteiger partial charge is 0.354 e. The van der Waals surface area contributed by atoms with Gasteiger partial charge in [-0.3, -0.25) is 4.98 Å². The number of benzene rings is 1. The molecule has 3 aromatic rings. The van der Waals surface area contributed by atoms with Gasteiger partial charge in [0.2, 0.25) is 0 Å². The van der Waals surface area contributed by atoms with E-state index in [1.54, 1.807) is 37.5 Å². The largest absolute Gasteiger partial charge is 0.477 e. The first kappa shape index (κ1) is 16.1. The van der Waals surface area contributed by atoms with Crippen LogP contribution in [-0.4, -0.2) is 25.6 Å². The Morgan fingerprint density at radius 1 is 1.38 bits per heavy atom. The number of carboxylic acids is 1. The molecule has 0 atom stereocenters. The summed E-state index contributed by atoms with van der Waals surface area (Å²) in [5.74, 6) is -1.12. The van der Waals surface area contributed by atoms with Crippen LogP contribution in [0.3, 0.4) is 0 Å². The summed E-state index contributed by atoms with van der Waals surface area (Å²) in [6.07, 6.45) is 3.22. The van der Waals surface area contributed by atoms with Gasteiger partial charge in [0.25, 0.3) is 0 Å². The third-order valence-corrected chi connectivity index (χ3v) is 3.75. The van der Waals surface area contributed by atoms with E-state index in [-0.39, 0.29) is 17.3 Å². The second-order valence-corrected chi connectivity index (χ2v) is 5.72. The van der Waals surface area contributed by atoms with Crippen LogP contribution in [0.5, 0.6) is 0 Å². The quantitative estimate of drug-likeness (QED) is 0.781. The fourth-order valence-electron chi connectivity index (χ4n) is 2.60. The number of rotatable bonds is 4. The average Bonchev–Trinajstić information content (AvgIpc) is 2.83. The molecule has 7 heteroatoms. The van der Waals surface area contributed by atoms with Crippen molar-refractivity contribution in [3.05, 3.63) is 70.5 Å². The molecule has 0 spiro atoms. The highest BCUT2D eigenvalue weighted by Gasteiger charge is 2.21. The van der Waals surface area contributed by atoms with Crippen molar-refractivity contribution in [1.29, 1.82) is 0 Å². The molecule has 0 aliphatic rings. The number of aryl methyl sites for hydroxylation is 1. The molecule has 0 unspecified atom stereocenters. The Bertz CT molecular complexity index is 889. The molecule has 0 radical (unpaired) electrons. The Morgan fingerprint density at radius 3 is 2.79 bits per heavy atom. The van der Waals surface area contributed by atoms with Crippen molar-refractivity contribution in [2.24, 2.45) is 0 Å². The predicted molar refractivity (Wildman–Crippen MR) is 87.7 cm³/mol. The van der Waals surface area contributed by atoms with E-state index in [9.17, 15) is 14.3 Å². The van der Waals surface area contributed by atoms with E-state index in [1.807, 2.05) is 0 Å². The molecule has 122 valence electrons. The maximum absolute atomic E-state index is 13.6. The fraction of sp³-hybridized carbons (Fsp3) is 0.118. The van der Waals surface area contributed by atoms with Crippen molar-refractivity contribution in [3.8, 4) is 11.4 Å². The molecule has 5 nitrogen and oxygen atoms in total. The maximum atomic E-state index is 13.6. The van der Waals surface area contributed by atoms with Crippen molar-refractivity contribution in [1.82, 2.24) is 14.5 Å². The first-order valence-corrected chi connectivity index (χ1v) is 7.49. The molecule has 0 aliphatic heterocycles. The molecule has 0 fully saturated rings. The third-order valence-electron chi connectivity index (χ3n) is 3.53. The number of carboxylic acid groups (broad SMARTS) is 1. The number of aromatic nitrogens is 3. The number of imidazole rings is 1. The van der Waals surface area contributed by atoms with E-state index in [2.05, 4.69) is 9.97 Å². The summed E-state index contributed by atoms with van der Waals surface area (Å²) in [6.45, 7) is 1.75. The monoisotopic (exact) mass is 345 g/mol. The molecule has 0 saturated heterocycles. The molecule has 2 heterocycles. The van der Waals surface area contributed by atoms with Gasteiger partial charge in [-0.2, -0.15) is 0 Å². The molecule has 0 saturated carbocycles. The zero-order valence-electron chi connectivity index (χ0n) is 12.7. The lowest BCUT2D eigenvalue weighted by Crippen LogP contribution is -2.12. The first-order valence-electron chi connectivity index (χ1n) is 7.11. The second-order valence-electron chi connectivity index (χ2n) is 5.28. The molecule has 0 amide bonds. The Balaban J connectivity index is 2.15. The average molecular weight is 346 g/mol. The standard InChI is InChI=1S/C17H13ClFN3O2/c1-10-15(17(23)24)22(9-11-5-13(18)7-14(19)6-11)16(21-10)12-3-2-4-20-8-12/h2-8H,9H2,1H3,(H,23,24). The van der Waals surface area contributed by atoms with Gasteiger partial charge in [-0.05, 0) is 42.8 Å². The maximum Gasteiger partial charge on any atom is 0.354 e. The van der Waals surface area contributed by atoms with Crippen LogP contribution in [-0.2, 0) is 6.54 Å². The second kappa shape index (κ2) is 6.41. The van der Waals surface area contributed by atoms with E-state index in [0.29, 0.717) is 22.6 Å². The minimum atomic E-state index is -1.10. The predicted octanol–water partition coefficient (Wildman–Crippen LogP) is 3.79.